The van der Waals surface area contributed by atoms with Crippen LogP contribution in [0.4, 0.5) is 17.2 Å². The molecule has 2 aromatic rings. The molecule has 0 atom stereocenters. The Bertz CT molecular complexity index is 694. The number of amides is 1. The molecule has 1 amide bonds. The van der Waals surface area contributed by atoms with Crippen molar-refractivity contribution in [2.24, 2.45) is 0 Å². The molecule has 0 radical (unpaired) electrons. The fraction of sp³-hybridized carbons (Fsp3) is 0.333. The minimum absolute atomic E-state index is 0.151. The first-order valence-electron chi connectivity index (χ1n) is 8.01. The van der Waals surface area contributed by atoms with Crippen LogP contribution < -0.4 is 15.1 Å². The SMILES string of the molecule is CN(C)c1ccc(NC(=O)c2ccccc2N2CCOCC2)nc1. The fourth-order valence-corrected chi connectivity index (χ4v) is 2.65. The molecule has 0 bridgehead atoms. The zero-order chi connectivity index (χ0) is 16.9. The third-order valence-corrected chi connectivity index (χ3v) is 4.01. The van der Waals surface area contributed by atoms with E-state index in [0.29, 0.717) is 24.6 Å². The van der Waals surface area contributed by atoms with Crippen LogP contribution in [0.1, 0.15) is 10.4 Å². The molecule has 1 aliphatic heterocycles. The summed E-state index contributed by atoms with van der Waals surface area (Å²) < 4.78 is 5.39. The molecular weight excluding hydrogens is 304 g/mol. The second kappa shape index (κ2) is 7.31. The van der Waals surface area contributed by atoms with E-state index in [9.17, 15) is 4.79 Å². The van der Waals surface area contributed by atoms with E-state index in [0.717, 1.165) is 24.5 Å². The number of hydrogen-bond acceptors (Lipinski definition) is 5. The van der Waals surface area contributed by atoms with Crippen molar-refractivity contribution in [3.8, 4) is 0 Å². The number of carbonyl (C=O) groups is 1. The molecular formula is C18H22N4O2. The molecule has 1 aliphatic rings. The first-order valence-corrected chi connectivity index (χ1v) is 8.01. The van der Waals surface area contributed by atoms with Gasteiger partial charge in [0.2, 0.25) is 0 Å². The average Bonchev–Trinajstić information content (AvgIpc) is 2.63. The van der Waals surface area contributed by atoms with Crippen molar-refractivity contribution in [1.82, 2.24) is 4.98 Å². The summed E-state index contributed by atoms with van der Waals surface area (Å²) in [6.07, 6.45) is 1.74. The normalized spacial score (nSPS) is 14.3. The third kappa shape index (κ3) is 3.65. The van der Waals surface area contributed by atoms with Crippen molar-refractivity contribution in [3.63, 3.8) is 0 Å². The zero-order valence-corrected chi connectivity index (χ0v) is 14.0. The minimum Gasteiger partial charge on any atom is -0.378 e. The summed E-state index contributed by atoms with van der Waals surface area (Å²) in [5.74, 6) is 0.393. The van der Waals surface area contributed by atoms with Crippen molar-refractivity contribution in [3.05, 3.63) is 48.2 Å². The number of morpholine rings is 1. The fourth-order valence-electron chi connectivity index (χ4n) is 2.65. The number of nitrogens with one attached hydrogen (secondary N) is 1. The number of carbonyl (C=O) groups excluding carboxylic acids is 1. The Balaban J connectivity index is 1.77. The van der Waals surface area contributed by atoms with Gasteiger partial charge in [-0.15, -0.1) is 0 Å². The van der Waals surface area contributed by atoms with E-state index in [1.54, 1.807) is 6.20 Å². The maximum Gasteiger partial charge on any atom is 0.258 e. The summed E-state index contributed by atoms with van der Waals surface area (Å²) in [7, 11) is 3.90. The highest BCUT2D eigenvalue weighted by atomic mass is 16.5. The molecule has 0 aliphatic carbocycles. The zero-order valence-electron chi connectivity index (χ0n) is 14.0. The molecule has 1 aromatic carbocycles. The van der Waals surface area contributed by atoms with Gasteiger partial charge in [-0.2, -0.15) is 0 Å². The van der Waals surface area contributed by atoms with E-state index in [2.05, 4.69) is 15.2 Å². The summed E-state index contributed by atoms with van der Waals surface area (Å²) in [6.45, 7) is 2.95. The summed E-state index contributed by atoms with van der Waals surface area (Å²) in [4.78, 5) is 21.1. The topological polar surface area (TPSA) is 57.7 Å². The Morgan fingerprint density at radius 3 is 2.58 bits per heavy atom. The monoisotopic (exact) mass is 326 g/mol. The van der Waals surface area contributed by atoms with Gasteiger partial charge in [0.1, 0.15) is 5.82 Å². The molecule has 24 heavy (non-hydrogen) atoms. The highest BCUT2D eigenvalue weighted by Gasteiger charge is 2.18. The van der Waals surface area contributed by atoms with Crippen LogP contribution in [0.5, 0.6) is 0 Å². The lowest BCUT2D eigenvalue weighted by atomic mass is 10.1. The predicted octanol–water partition coefficient (Wildman–Crippen LogP) is 2.24. The van der Waals surface area contributed by atoms with Gasteiger partial charge in [0.05, 0.1) is 30.7 Å². The number of aromatic nitrogens is 1. The summed E-state index contributed by atoms with van der Waals surface area (Å²) >= 11 is 0. The first kappa shape index (κ1) is 16.3. The van der Waals surface area contributed by atoms with Gasteiger partial charge in [0, 0.05) is 32.9 Å². The van der Waals surface area contributed by atoms with Crippen LogP contribution in [0.25, 0.3) is 0 Å². The Morgan fingerprint density at radius 1 is 1.17 bits per heavy atom. The van der Waals surface area contributed by atoms with Gasteiger partial charge in [-0.3, -0.25) is 4.79 Å². The van der Waals surface area contributed by atoms with Crippen LogP contribution in [0.15, 0.2) is 42.6 Å². The molecule has 1 saturated heterocycles. The van der Waals surface area contributed by atoms with Crippen LogP contribution in [0.2, 0.25) is 0 Å². The standard InChI is InChI=1S/C18H22N4O2/c1-21(2)14-7-8-17(19-13-14)20-18(23)15-5-3-4-6-16(15)22-9-11-24-12-10-22/h3-8,13H,9-12H2,1-2H3,(H,19,20,23). The number of para-hydroxylation sites is 1. The second-order valence-corrected chi connectivity index (χ2v) is 5.87. The van der Waals surface area contributed by atoms with Crippen molar-refractivity contribution < 1.29 is 9.53 Å². The van der Waals surface area contributed by atoms with Gasteiger partial charge in [-0.1, -0.05) is 12.1 Å². The molecule has 1 N–H and O–H groups in total. The molecule has 126 valence electrons. The number of nitrogens with zero attached hydrogens (tertiary/aromatic N) is 3. The van der Waals surface area contributed by atoms with Crippen LogP contribution in [-0.2, 0) is 4.74 Å². The smallest absolute Gasteiger partial charge is 0.258 e. The molecule has 0 saturated carbocycles. The van der Waals surface area contributed by atoms with E-state index < -0.39 is 0 Å². The Morgan fingerprint density at radius 2 is 1.92 bits per heavy atom. The average molecular weight is 326 g/mol. The predicted molar refractivity (Wildman–Crippen MR) is 96.0 cm³/mol. The van der Waals surface area contributed by atoms with Gasteiger partial charge >= 0.3 is 0 Å². The number of rotatable bonds is 4. The van der Waals surface area contributed by atoms with E-state index in [-0.39, 0.29) is 5.91 Å². The molecule has 6 nitrogen and oxygen atoms in total. The first-order chi connectivity index (χ1) is 11.6. The van der Waals surface area contributed by atoms with Crippen molar-refractivity contribution in [1.29, 1.82) is 0 Å². The van der Waals surface area contributed by atoms with E-state index in [4.69, 9.17) is 4.74 Å². The molecule has 6 heteroatoms. The molecule has 3 rings (SSSR count). The lowest BCUT2D eigenvalue weighted by Gasteiger charge is -2.30. The lowest BCUT2D eigenvalue weighted by molar-refractivity contribution is 0.102. The number of anilines is 3. The summed E-state index contributed by atoms with van der Waals surface area (Å²) in [6, 6.07) is 11.4. The second-order valence-electron chi connectivity index (χ2n) is 5.87. The quantitative estimate of drug-likeness (QED) is 0.934. The number of benzene rings is 1. The minimum atomic E-state index is -0.151. The van der Waals surface area contributed by atoms with Gasteiger partial charge in [0.15, 0.2) is 0 Å². The van der Waals surface area contributed by atoms with E-state index >= 15 is 0 Å². The number of hydrogen-bond donors (Lipinski definition) is 1. The van der Waals surface area contributed by atoms with Crippen molar-refractivity contribution in [2.75, 3.05) is 55.5 Å². The van der Waals surface area contributed by atoms with Crippen LogP contribution in [0, 0.1) is 0 Å². The lowest BCUT2D eigenvalue weighted by Crippen LogP contribution is -2.37. The Hall–Kier alpha value is -2.60. The van der Waals surface area contributed by atoms with Crippen LogP contribution >= 0.6 is 0 Å². The van der Waals surface area contributed by atoms with Gasteiger partial charge in [-0.05, 0) is 24.3 Å². The molecule has 1 aromatic heterocycles. The largest absolute Gasteiger partial charge is 0.378 e. The Kier molecular flexibility index (Phi) is 4.96. The number of ether oxygens (including phenoxy) is 1. The Labute approximate surface area is 142 Å². The molecule has 1 fully saturated rings. The third-order valence-electron chi connectivity index (χ3n) is 4.01. The highest BCUT2D eigenvalue weighted by molar-refractivity contribution is 6.07. The van der Waals surface area contributed by atoms with E-state index in [1.165, 1.54) is 0 Å². The molecule has 0 spiro atoms. The van der Waals surface area contributed by atoms with Gasteiger partial charge in [0.25, 0.3) is 5.91 Å². The molecule has 2 heterocycles. The van der Waals surface area contributed by atoms with Crippen LogP contribution in [-0.4, -0.2) is 51.3 Å². The van der Waals surface area contributed by atoms with Gasteiger partial charge < -0.3 is 19.9 Å². The van der Waals surface area contributed by atoms with Gasteiger partial charge in [-0.25, -0.2) is 4.98 Å². The summed E-state index contributed by atoms with van der Waals surface area (Å²) in [5, 5.41) is 2.88. The molecule has 0 unspecified atom stereocenters. The van der Waals surface area contributed by atoms with E-state index in [1.807, 2.05) is 55.4 Å². The highest BCUT2D eigenvalue weighted by Crippen LogP contribution is 2.22. The maximum absolute atomic E-state index is 12.7. The summed E-state index contributed by atoms with van der Waals surface area (Å²) in [5.41, 5.74) is 2.57. The van der Waals surface area contributed by atoms with Crippen LogP contribution in [0.3, 0.4) is 0 Å². The van der Waals surface area contributed by atoms with Crippen molar-refractivity contribution >= 4 is 23.1 Å². The maximum atomic E-state index is 12.7. The number of pyridine rings is 1. The van der Waals surface area contributed by atoms with Crippen molar-refractivity contribution in [2.45, 2.75) is 0 Å².